The Kier molecular flexibility index (Phi) is 7.60. The highest BCUT2D eigenvalue weighted by atomic mass is 16.6. The highest BCUT2D eigenvalue weighted by Gasteiger charge is 2.78. The first-order valence-corrected chi connectivity index (χ1v) is 14.4. The van der Waals surface area contributed by atoms with Crippen LogP contribution in [-0.2, 0) is 28.5 Å². The van der Waals surface area contributed by atoms with Crippen LogP contribution in [0.4, 0.5) is 0 Å². The Morgan fingerprint density at radius 3 is 2.09 bits per heavy atom. The summed E-state index contributed by atoms with van der Waals surface area (Å²) in [5.41, 5.74) is -7.28. The van der Waals surface area contributed by atoms with E-state index in [-0.39, 0.29) is 29.7 Å². The summed E-state index contributed by atoms with van der Waals surface area (Å²) in [6.45, 7) is 8.05. The van der Waals surface area contributed by atoms with Crippen LogP contribution >= 0.6 is 0 Å². The molecule has 12 heteroatoms. The van der Waals surface area contributed by atoms with Gasteiger partial charge < -0.3 is 44.5 Å². The summed E-state index contributed by atoms with van der Waals surface area (Å²) in [4.78, 5) is 38.3. The molecule has 5 rings (SSSR count). The second kappa shape index (κ2) is 10.4. The number of aliphatic hydroxyl groups excluding tert-OH is 4. The average molecular weight is 605 g/mol. The van der Waals surface area contributed by atoms with Gasteiger partial charge in [-0.3, -0.25) is 9.59 Å². The molecule has 2 bridgehead atoms. The molecule has 1 heterocycles. The van der Waals surface area contributed by atoms with Crippen molar-refractivity contribution in [2.45, 2.75) is 102 Å². The predicted octanol–water partition coefficient (Wildman–Crippen LogP) is 0.415. The molecule has 2 saturated carbocycles. The third kappa shape index (κ3) is 4.22. The van der Waals surface area contributed by atoms with E-state index in [1.165, 1.54) is 39.8 Å². The topological polar surface area (TPSA) is 189 Å². The maximum Gasteiger partial charge on any atom is 0.338 e. The number of esters is 3. The molecule has 5 N–H and O–H groups in total. The first kappa shape index (κ1) is 31.6. The minimum absolute atomic E-state index is 0.0941. The Balaban J connectivity index is 1.80. The molecule has 0 aromatic heterocycles. The lowest BCUT2D eigenvalue weighted by Crippen LogP contribution is -2.83. The second-order valence-corrected chi connectivity index (χ2v) is 13.0. The molecule has 12 nitrogen and oxygen atoms in total. The van der Waals surface area contributed by atoms with E-state index in [1.54, 1.807) is 18.2 Å². The Morgan fingerprint density at radius 1 is 0.930 bits per heavy atom. The Hall–Kier alpha value is -2.87. The summed E-state index contributed by atoms with van der Waals surface area (Å²) >= 11 is 0. The number of carbonyl (C=O) groups is 3. The van der Waals surface area contributed by atoms with Crippen molar-refractivity contribution in [2.75, 3.05) is 6.61 Å². The number of aliphatic hydroxyl groups is 5. The van der Waals surface area contributed by atoms with E-state index in [1.807, 2.05) is 0 Å². The van der Waals surface area contributed by atoms with Gasteiger partial charge in [0, 0.05) is 37.0 Å². The number of rotatable bonds is 4. The van der Waals surface area contributed by atoms with Gasteiger partial charge >= 0.3 is 17.9 Å². The monoisotopic (exact) mass is 604 g/mol. The molecule has 3 aliphatic carbocycles. The van der Waals surface area contributed by atoms with Crippen LogP contribution in [0.5, 0.6) is 0 Å². The standard InChI is InChI=1S/C31H40O12/c1-14-20-22(41-15(2)32)24(36)29(6)18(34)12-19-30(13-40-19,43-16(3)33)23(29)25(37)31(39,28(20,4)5)26(21(14)35)42-27(38)17-10-8-7-9-11-17/h7-11,18-19,21-26,34-37,39H,12-13H2,1-6H3. The van der Waals surface area contributed by atoms with Crippen molar-refractivity contribution < 1.29 is 58.9 Å². The van der Waals surface area contributed by atoms with E-state index in [0.717, 1.165) is 13.8 Å². The number of hydrogen-bond acceptors (Lipinski definition) is 12. The molecule has 1 aromatic carbocycles. The molecule has 43 heavy (non-hydrogen) atoms. The lowest BCUT2D eigenvalue weighted by molar-refractivity contribution is -0.371. The molecular weight excluding hydrogens is 564 g/mol. The van der Waals surface area contributed by atoms with Crippen molar-refractivity contribution in [2.24, 2.45) is 16.7 Å². The smallest absolute Gasteiger partial charge is 0.338 e. The van der Waals surface area contributed by atoms with Crippen molar-refractivity contribution in [1.29, 1.82) is 0 Å². The summed E-state index contributed by atoms with van der Waals surface area (Å²) in [7, 11) is 0. The van der Waals surface area contributed by atoms with Gasteiger partial charge in [-0.05, 0) is 30.2 Å². The van der Waals surface area contributed by atoms with Gasteiger partial charge in [-0.25, -0.2) is 4.79 Å². The van der Waals surface area contributed by atoms with E-state index in [2.05, 4.69) is 0 Å². The molecule has 236 valence electrons. The maximum absolute atomic E-state index is 13.4. The first-order valence-electron chi connectivity index (χ1n) is 14.4. The highest BCUT2D eigenvalue weighted by molar-refractivity contribution is 5.89. The zero-order valence-electron chi connectivity index (χ0n) is 25.0. The largest absolute Gasteiger partial charge is 0.455 e. The summed E-state index contributed by atoms with van der Waals surface area (Å²) in [6.07, 6.45) is -11.2. The number of benzene rings is 1. The van der Waals surface area contributed by atoms with Gasteiger partial charge in [0.05, 0.1) is 24.4 Å². The van der Waals surface area contributed by atoms with Gasteiger partial charge in [0.1, 0.15) is 23.9 Å². The normalized spacial score (nSPS) is 43.1. The lowest BCUT2D eigenvalue weighted by atomic mass is 9.44. The van der Waals surface area contributed by atoms with Crippen LogP contribution in [0, 0.1) is 16.7 Å². The first-order chi connectivity index (χ1) is 20.0. The van der Waals surface area contributed by atoms with Crippen LogP contribution in [0.2, 0.25) is 0 Å². The molecule has 3 fully saturated rings. The fraction of sp³-hybridized carbons (Fsp3) is 0.645. The van der Waals surface area contributed by atoms with Gasteiger partial charge in [-0.1, -0.05) is 39.0 Å². The maximum atomic E-state index is 13.4. The Morgan fingerprint density at radius 2 is 1.56 bits per heavy atom. The Bertz CT molecular complexity index is 1340. The van der Waals surface area contributed by atoms with Crippen LogP contribution in [-0.4, -0.2) is 104 Å². The molecule has 1 saturated heterocycles. The van der Waals surface area contributed by atoms with Crippen molar-refractivity contribution in [1.82, 2.24) is 0 Å². The number of carbonyl (C=O) groups excluding carboxylic acids is 3. The SMILES string of the molecule is CC(=O)OC1C2=C(C)C(O)C(OC(=O)c3ccccc3)C(O)(C(O)C3C4(OC(C)=O)COC4CC(O)C3(C)C1O)C2(C)C. The third-order valence-corrected chi connectivity index (χ3v) is 10.5. The van der Waals surface area contributed by atoms with E-state index in [4.69, 9.17) is 18.9 Å². The van der Waals surface area contributed by atoms with E-state index < -0.39 is 88.6 Å². The number of hydrogen-bond donors (Lipinski definition) is 5. The molecule has 0 amide bonds. The fourth-order valence-corrected chi connectivity index (χ4v) is 8.29. The fourth-order valence-electron chi connectivity index (χ4n) is 8.29. The van der Waals surface area contributed by atoms with Crippen molar-refractivity contribution in [3.05, 3.63) is 47.0 Å². The van der Waals surface area contributed by atoms with Gasteiger partial charge in [-0.2, -0.15) is 0 Å². The van der Waals surface area contributed by atoms with E-state index >= 15 is 0 Å². The summed E-state index contributed by atoms with van der Waals surface area (Å²) in [5, 5.41) is 60.8. The number of ether oxygens (including phenoxy) is 4. The predicted molar refractivity (Wildman–Crippen MR) is 147 cm³/mol. The lowest BCUT2D eigenvalue weighted by Gasteiger charge is -2.69. The van der Waals surface area contributed by atoms with Crippen LogP contribution in [0.25, 0.3) is 0 Å². The van der Waals surface area contributed by atoms with Crippen molar-refractivity contribution in [3.63, 3.8) is 0 Å². The van der Waals surface area contributed by atoms with Gasteiger partial charge in [0.25, 0.3) is 0 Å². The van der Waals surface area contributed by atoms with Gasteiger partial charge in [0.2, 0.25) is 0 Å². The molecular formula is C31H40O12. The summed E-state index contributed by atoms with van der Waals surface area (Å²) in [6, 6.07) is 7.90. The van der Waals surface area contributed by atoms with Crippen LogP contribution in [0.15, 0.2) is 41.5 Å². The molecule has 1 aromatic rings. The van der Waals surface area contributed by atoms with E-state index in [9.17, 15) is 39.9 Å². The minimum Gasteiger partial charge on any atom is -0.455 e. The minimum atomic E-state index is -2.56. The van der Waals surface area contributed by atoms with Crippen LogP contribution in [0.1, 0.15) is 58.3 Å². The van der Waals surface area contributed by atoms with Crippen LogP contribution < -0.4 is 0 Å². The third-order valence-electron chi connectivity index (χ3n) is 10.5. The molecule has 0 radical (unpaired) electrons. The Labute approximate surface area is 249 Å². The molecule has 4 aliphatic rings. The quantitative estimate of drug-likeness (QED) is 0.181. The second-order valence-electron chi connectivity index (χ2n) is 13.0. The average Bonchev–Trinajstić information content (AvgIpc) is 2.93. The van der Waals surface area contributed by atoms with E-state index in [0.29, 0.717) is 0 Å². The number of fused-ring (bicyclic) bond motifs is 5. The summed E-state index contributed by atoms with van der Waals surface area (Å²) in [5.74, 6) is -3.87. The summed E-state index contributed by atoms with van der Waals surface area (Å²) < 4.78 is 23.0. The molecule has 0 spiro atoms. The zero-order valence-corrected chi connectivity index (χ0v) is 25.0. The zero-order chi connectivity index (χ0) is 31.9. The van der Waals surface area contributed by atoms with Gasteiger partial charge in [-0.15, -0.1) is 0 Å². The van der Waals surface area contributed by atoms with Gasteiger partial charge in [0.15, 0.2) is 17.8 Å². The molecule has 11 unspecified atom stereocenters. The van der Waals surface area contributed by atoms with Crippen molar-refractivity contribution in [3.8, 4) is 0 Å². The molecule has 11 atom stereocenters. The van der Waals surface area contributed by atoms with Crippen molar-refractivity contribution >= 4 is 17.9 Å². The van der Waals surface area contributed by atoms with Crippen LogP contribution in [0.3, 0.4) is 0 Å². The molecule has 1 aliphatic heterocycles. The highest BCUT2D eigenvalue weighted by Crippen LogP contribution is 2.64.